The van der Waals surface area contributed by atoms with Crippen LogP contribution in [-0.4, -0.2) is 58.4 Å². The number of carbonyl (C=O) groups excluding carboxylic acids is 1. The number of fused-ring (bicyclic) bond motifs is 4. The predicted molar refractivity (Wildman–Crippen MR) is 100 cm³/mol. The number of hydrogen-bond donors (Lipinski definition) is 0. The van der Waals surface area contributed by atoms with Gasteiger partial charge in [-0.1, -0.05) is 6.07 Å². The number of likely N-dealkylation sites (N-methyl/N-ethyl adjacent to an activating group) is 1. The SMILES string of the molecule is COC1=C2CCc3ccc(OC)c(OC)c3[C@@]23CCN(C)[C@]1(OC)C(=O)C3. The fourth-order valence-electron chi connectivity index (χ4n) is 5.49. The van der Waals surface area contributed by atoms with Crippen LogP contribution >= 0.6 is 0 Å². The lowest BCUT2D eigenvalue weighted by Gasteiger charge is -2.47. The molecule has 0 N–H and O–H groups in total. The Morgan fingerprint density at radius 2 is 1.81 bits per heavy atom. The lowest BCUT2D eigenvalue weighted by molar-refractivity contribution is -0.165. The second-order valence-corrected chi connectivity index (χ2v) is 7.55. The minimum absolute atomic E-state index is 0.0309. The maximum Gasteiger partial charge on any atom is 0.239 e. The van der Waals surface area contributed by atoms with Gasteiger partial charge in [0.1, 0.15) is 0 Å². The summed E-state index contributed by atoms with van der Waals surface area (Å²) < 4.78 is 23.1. The summed E-state index contributed by atoms with van der Waals surface area (Å²) in [5.41, 5.74) is 1.88. The molecule has 27 heavy (non-hydrogen) atoms. The number of ketones is 1. The fourth-order valence-corrected chi connectivity index (χ4v) is 5.49. The van der Waals surface area contributed by atoms with Crippen molar-refractivity contribution in [2.45, 2.75) is 36.8 Å². The first-order chi connectivity index (χ1) is 13.0. The van der Waals surface area contributed by atoms with Crippen molar-refractivity contribution < 1.29 is 23.7 Å². The van der Waals surface area contributed by atoms with Gasteiger partial charge in [0.25, 0.3) is 0 Å². The van der Waals surface area contributed by atoms with Gasteiger partial charge in [-0.2, -0.15) is 0 Å². The van der Waals surface area contributed by atoms with Crippen LogP contribution in [0.4, 0.5) is 0 Å². The van der Waals surface area contributed by atoms with E-state index in [2.05, 4.69) is 6.07 Å². The summed E-state index contributed by atoms with van der Waals surface area (Å²) in [4.78, 5) is 15.5. The molecule has 0 amide bonds. The Hall–Kier alpha value is -2.05. The van der Waals surface area contributed by atoms with Crippen molar-refractivity contribution in [1.82, 2.24) is 4.90 Å². The van der Waals surface area contributed by atoms with Crippen LogP contribution < -0.4 is 9.47 Å². The van der Waals surface area contributed by atoms with E-state index in [1.165, 1.54) is 5.56 Å². The molecule has 6 nitrogen and oxygen atoms in total. The van der Waals surface area contributed by atoms with Gasteiger partial charge >= 0.3 is 0 Å². The van der Waals surface area contributed by atoms with Gasteiger partial charge in [0, 0.05) is 31.1 Å². The van der Waals surface area contributed by atoms with E-state index in [0.29, 0.717) is 17.9 Å². The van der Waals surface area contributed by atoms with Crippen LogP contribution in [0.15, 0.2) is 23.5 Å². The van der Waals surface area contributed by atoms with Crippen LogP contribution in [0.3, 0.4) is 0 Å². The van der Waals surface area contributed by atoms with E-state index in [4.69, 9.17) is 18.9 Å². The van der Waals surface area contributed by atoms with Gasteiger partial charge in [-0.3, -0.25) is 9.69 Å². The molecule has 0 saturated carbocycles. The zero-order chi connectivity index (χ0) is 19.4. The van der Waals surface area contributed by atoms with E-state index < -0.39 is 11.1 Å². The smallest absolute Gasteiger partial charge is 0.239 e. The van der Waals surface area contributed by atoms with Crippen molar-refractivity contribution in [2.24, 2.45) is 0 Å². The maximum absolute atomic E-state index is 13.5. The molecule has 6 heteroatoms. The Labute approximate surface area is 160 Å². The number of nitrogens with zero attached hydrogens (tertiary/aromatic N) is 1. The second-order valence-electron chi connectivity index (χ2n) is 7.55. The highest BCUT2D eigenvalue weighted by Gasteiger charge is 2.62. The average molecular weight is 373 g/mol. The zero-order valence-electron chi connectivity index (χ0n) is 16.7. The lowest BCUT2D eigenvalue weighted by Crippen LogP contribution is -2.58. The monoisotopic (exact) mass is 373 g/mol. The zero-order valence-corrected chi connectivity index (χ0v) is 16.7. The molecule has 1 spiro atoms. The van der Waals surface area contributed by atoms with Crippen LogP contribution in [0.2, 0.25) is 0 Å². The lowest BCUT2D eigenvalue weighted by atomic mass is 9.59. The van der Waals surface area contributed by atoms with E-state index in [1.54, 1.807) is 28.4 Å². The van der Waals surface area contributed by atoms with E-state index in [0.717, 1.165) is 42.7 Å². The van der Waals surface area contributed by atoms with Crippen LogP contribution in [0.25, 0.3) is 0 Å². The normalized spacial score (nSPS) is 29.9. The highest BCUT2D eigenvalue weighted by Crippen LogP contribution is 2.59. The van der Waals surface area contributed by atoms with Gasteiger partial charge < -0.3 is 18.9 Å². The van der Waals surface area contributed by atoms with Gasteiger partial charge in [-0.05, 0) is 43.5 Å². The van der Waals surface area contributed by atoms with E-state index >= 15 is 0 Å². The molecule has 5 rings (SSSR count). The number of methoxy groups -OCH3 is 4. The molecule has 2 bridgehead atoms. The summed E-state index contributed by atoms with van der Waals surface area (Å²) >= 11 is 0. The summed E-state index contributed by atoms with van der Waals surface area (Å²) in [7, 11) is 8.46. The molecule has 1 aromatic rings. The Bertz CT molecular complexity index is 832. The van der Waals surface area contributed by atoms with Crippen molar-refractivity contribution in [3.63, 3.8) is 0 Å². The van der Waals surface area contributed by atoms with Gasteiger partial charge in [-0.15, -0.1) is 0 Å². The van der Waals surface area contributed by atoms with E-state index in [9.17, 15) is 4.79 Å². The van der Waals surface area contributed by atoms with Gasteiger partial charge in [0.15, 0.2) is 23.0 Å². The fraction of sp³-hybridized carbons (Fsp3) is 0.571. The summed E-state index contributed by atoms with van der Waals surface area (Å²) in [6, 6.07) is 4.05. The number of Topliss-reactive ketones (excluding diaryl/α,β-unsaturated/α-hetero) is 1. The molecular weight excluding hydrogens is 346 g/mol. The largest absolute Gasteiger partial charge is 0.496 e. The number of allylic oxidation sites excluding steroid dienone is 1. The number of carbonyl (C=O) groups is 1. The molecule has 1 aromatic carbocycles. The number of ether oxygens (including phenoxy) is 4. The van der Waals surface area contributed by atoms with Crippen LogP contribution in [-0.2, 0) is 26.1 Å². The maximum atomic E-state index is 13.5. The molecule has 2 heterocycles. The van der Waals surface area contributed by atoms with Crippen LogP contribution in [0.1, 0.15) is 30.4 Å². The molecule has 2 aliphatic carbocycles. The standard InChI is InChI=1S/C21H27NO5/c1-22-11-10-20-12-16(23)21(22,27-5)19(26-4)14(20)8-6-13-7-9-15(24-2)18(25-3)17(13)20/h7,9H,6,8,10-12H2,1-5H3/t20-,21+/m1/s1. The first-order valence-corrected chi connectivity index (χ1v) is 9.32. The molecule has 1 fully saturated rings. The molecule has 2 atom stereocenters. The van der Waals surface area contributed by atoms with Gasteiger partial charge in [-0.25, -0.2) is 0 Å². The second kappa shape index (κ2) is 6.24. The third-order valence-electron chi connectivity index (χ3n) is 6.67. The summed E-state index contributed by atoms with van der Waals surface area (Å²) in [5, 5.41) is 0. The quantitative estimate of drug-likeness (QED) is 0.808. The molecule has 146 valence electrons. The molecule has 0 unspecified atom stereocenters. The number of hydrogen-bond acceptors (Lipinski definition) is 6. The first kappa shape index (κ1) is 18.3. The summed E-state index contributed by atoms with van der Waals surface area (Å²) in [6.07, 6.45) is 2.90. The number of benzene rings is 1. The Kier molecular flexibility index (Phi) is 4.24. The Morgan fingerprint density at radius 3 is 2.44 bits per heavy atom. The summed E-state index contributed by atoms with van der Waals surface area (Å²) in [6.45, 7) is 0.718. The van der Waals surface area contributed by atoms with Crippen molar-refractivity contribution >= 4 is 5.78 Å². The molecule has 1 saturated heterocycles. The van der Waals surface area contributed by atoms with Crippen molar-refractivity contribution in [1.29, 1.82) is 0 Å². The third-order valence-corrected chi connectivity index (χ3v) is 6.67. The first-order valence-electron chi connectivity index (χ1n) is 9.32. The molecular formula is C21H27NO5. The summed E-state index contributed by atoms with van der Waals surface area (Å²) in [5.74, 6) is 2.10. The van der Waals surface area contributed by atoms with Crippen LogP contribution in [0, 0.1) is 0 Å². The topological polar surface area (TPSA) is 57.2 Å². The minimum Gasteiger partial charge on any atom is -0.496 e. The third kappa shape index (κ3) is 2.11. The van der Waals surface area contributed by atoms with Crippen molar-refractivity contribution in [3.8, 4) is 11.5 Å². The Balaban J connectivity index is 2.08. The number of aryl methyl sites for hydroxylation is 1. The van der Waals surface area contributed by atoms with Gasteiger partial charge in [0.2, 0.25) is 5.72 Å². The molecule has 2 aliphatic heterocycles. The highest BCUT2D eigenvalue weighted by atomic mass is 16.6. The van der Waals surface area contributed by atoms with E-state index in [1.807, 2.05) is 18.0 Å². The van der Waals surface area contributed by atoms with E-state index in [-0.39, 0.29) is 5.78 Å². The van der Waals surface area contributed by atoms with Crippen molar-refractivity contribution in [2.75, 3.05) is 42.0 Å². The Morgan fingerprint density at radius 1 is 1.04 bits per heavy atom. The molecule has 0 aromatic heterocycles. The predicted octanol–water partition coefficient (Wildman–Crippen LogP) is 2.44. The molecule has 4 aliphatic rings. The van der Waals surface area contributed by atoms with Gasteiger partial charge in [0.05, 0.1) is 21.3 Å². The molecule has 0 radical (unpaired) electrons. The average Bonchev–Trinajstić information content (AvgIpc) is 2.86. The van der Waals surface area contributed by atoms with Crippen LogP contribution in [0.5, 0.6) is 11.5 Å². The van der Waals surface area contributed by atoms with Crippen molar-refractivity contribution in [3.05, 3.63) is 34.6 Å². The number of rotatable bonds is 4. The minimum atomic E-state index is -1.13. The highest BCUT2D eigenvalue weighted by molar-refractivity contribution is 5.94.